The third-order valence-corrected chi connectivity index (χ3v) is 4.20. The largest absolute Gasteiger partial charge is 0.495 e. The van der Waals surface area contributed by atoms with Gasteiger partial charge < -0.3 is 10.1 Å². The topological polar surface area (TPSA) is 78.2 Å². The first-order valence-corrected chi connectivity index (χ1v) is 8.19. The Morgan fingerprint density at radius 2 is 2.17 bits per heavy atom. The van der Waals surface area contributed by atoms with Gasteiger partial charge in [0.2, 0.25) is 5.91 Å². The summed E-state index contributed by atoms with van der Waals surface area (Å²) < 4.78 is 8.19. The molecule has 0 bridgehead atoms. The van der Waals surface area contributed by atoms with Gasteiger partial charge in [0.25, 0.3) is 0 Å². The lowest BCUT2D eigenvalue weighted by Gasteiger charge is -2.10. The van der Waals surface area contributed by atoms with Gasteiger partial charge in [-0.3, -0.25) is 9.36 Å². The molecular weight excluding hydrogens is 308 g/mol. The first-order chi connectivity index (χ1) is 11.6. The number of hydrogen-bond acceptors (Lipinski definition) is 4. The Morgan fingerprint density at radius 3 is 2.96 bits per heavy atom. The summed E-state index contributed by atoms with van der Waals surface area (Å²) in [6.07, 6.45) is 3.90. The summed E-state index contributed by atoms with van der Waals surface area (Å²) in [7, 11) is 1.55. The number of ether oxygens (including phenoxy) is 1. The lowest BCUT2D eigenvalue weighted by Crippen LogP contribution is -2.30. The second-order valence-corrected chi connectivity index (χ2v) is 6.07. The maximum atomic E-state index is 12.4. The van der Waals surface area contributed by atoms with Crippen molar-refractivity contribution < 1.29 is 9.53 Å². The summed E-state index contributed by atoms with van der Waals surface area (Å²) >= 11 is 0. The highest BCUT2D eigenvalue weighted by Crippen LogP contribution is 2.25. The molecule has 2 heterocycles. The minimum Gasteiger partial charge on any atom is -0.495 e. The van der Waals surface area contributed by atoms with Gasteiger partial charge >= 0.3 is 5.69 Å². The number of aryl methyl sites for hydroxylation is 2. The van der Waals surface area contributed by atoms with Crippen molar-refractivity contribution in [1.29, 1.82) is 0 Å². The van der Waals surface area contributed by atoms with Crippen LogP contribution >= 0.6 is 0 Å². The minimum absolute atomic E-state index is 0.101. The molecule has 0 radical (unpaired) electrons. The smallest absolute Gasteiger partial charge is 0.346 e. The molecule has 0 fully saturated rings. The van der Waals surface area contributed by atoms with Crippen LogP contribution in [0.3, 0.4) is 0 Å². The molecule has 1 aliphatic rings. The molecule has 0 saturated heterocycles. The van der Waals surface area contributed by atoms with Crippen LogP contribution in [0.5, 0.6) is 5.75 Å². The van der Waals surface area contributed by atoms with Crippen molar-refractivity contribution in [2.45, 2.75) is 45.7 Å². The van der Waals surface area contributed by atoms with E-state index >= 15 is 0 Å². The molecule has 0 aliphatic carbocycles. The van der Waals surface area contributed by atoms with E-state index in [0.29, 0.717) is 18.0 Å². The normalized spacial score (nSPS) is 13.9. The van der Waals surface area contributed by atoms with Crippen LogP contribution in [0.15, 0.2) is 23.0 Å². The maximum absolute atomic E-state index is 12.4. The van der Waals surface area contributed by atoms with Gasteiger partial charge in [-0.1, -0.05) is 12.5 Å². The van der Waals surface area contributed by atoms with Crippen molar-refractivity contribution >= 4 is 11.6 Å². The first kappa shape index (κ1) is 16.3. The van der Waals surface area contributed by atoms with Gasteiger partial charge in [0, 0.05) is 13.0 Å². The van der Waals surface area contributed by atoms with E-state index in [1.54, 1.807) is 17.7 Å². The Balaban J connectivity index is 1.76. The fraction of sp³-hybridized carbons (Fsp3) is 0.471. The number of fused-ring (bicyclic) bond motifs is 1. The van der Waals surface area contributed by atoms with E-state index in [-0.39, 0.29) is 18.1 Å². The predicted molar refractivity (Wildman–Crippen MR) is 90.4 cm³/mol. The van der Waals surface area contributed by atoms with Gasteiger partial charge in [0.15, 0.2) is 0 Å². The summed E-state index contributed by atoms with van der Waals surface area (Å²) in [6, 6.07) is 5.54. The minimum atomic E-state index is -0.297. The molecule has 7 heteroatoms. The maximum Gasteiger partial charge on any atom is 0.346 e. The fourth-order valence-electron chi connectivity index (χ4n) is 2.97. The van der Waals surface area contributed by atoms with Crippen LogP contribution in [0.1, 0.15) is 30.7 Å². The number of rotatable bonds is 4. The van der Waals surface area contributed by atoms with Crippen molar-refractivity contribution in [2.75, 3.05) is 12.4 Å². The van der Waals surface area contributed by atoms with Crippen LogP contribution in [-0.4, -0.2) is 27.4 Å². The van der Waals surface area contributed by atoms with Crippen LogP contribution in [0, 0.1) is 6.92 Å². The quantitative estimate of drug-likeness (QED) is 0.926. The SMILES string of the molecule is COc1ccc(C)cc1NC(=O)Cn1nc2n(c1=O)CCCCC2. The van der Waals surface area contributed by atoms with Gasteiger partial charge in [0.05, 0.1) is 12.8 Å². The van der Waals surface area contributed by atoms with E-state index in [1.807, 2.05) is 19.1 Å². The molecule has 3 rings (SSSR count). The van der Waals surface area contributed by atoms with Crippen molar-refractivity contribution in [3.8, 4) is 5.75 Å². The van der Waals surface area contributed by atoms with E-state index in [2.05, 4.69) is 10.4 Å². The molecular formula is C17H22N4O3. The van der Waals surface area contributed by atoms with Gasteiger partial charge in [0.1, 0.15) is 18.1 Å². The molecule has 1 aromatic carbocycles. The summed E-state index contributed by atoms with van der Waals surface area (Å²) in [6.45, 7) is 2.52. The van der Waals surface area contributed by atoms with E-state index in [9.17, 15) is 9.59 Å². The van der Waals surface area contributed by atoms with Crippen LogP contribution in [0.2, 0.25) is 0 Å². The van der Waals surface area contributed by atoms with Gasteiger partial charge in [-0.05, 0) is 37.5 Å². The van der Waals surface area contributed by atoms with Crippen LogP contribution in [0.25, 0.3) is 0 Å². The number of nitrogens with one attached hydrogen (secondary N) is 1. The number of aromatic nitrogens is 3. The van der Waals surface area contributed by atoms with Crippen LogP contribution in [-0.2, 0) is 24.3 Å². The van der Waals surface area contributed by atoms with Crippen molar-refractivity contribution in [3.05, 3.63) is 40.1 Å². The molecule has 1 amide bonds. The lowest BCUT2D eigenvalue weighted by atomic mass is 10.2. The molecule has 128 valence electrons. The zero-order valence-electron chi connectivity index (χ0n) is 14.0. The highest BCUT2D eigenvalue weighted by molar-refractivity contribution is 5.92. The number of anilines is 1. The fourth-order valence-corrected chi connectivity index (χ4v) is 2.97. The van der Waals surface area contributed by atoms with E-state index in [1.165, 1.54) is 4.68 Å². The Bertz CT molecular complexity index is 807. The van der Waals surface area contributed by atoms with E-state index in [4.69, 9.17) is 4.74 Å². The monoisotopic (exact) mass is 330 g/mol. The van der Waals surface area contributed by atoms with E-state index < -0.39 is 0 Å². The highest BCUT2D eigenvalue weighted by Gasteiger charge is 2.17. The standard InChI is InChI=1S/C17H22N4O3/c1-12-7-8-14(24-2)13(10-12)18-16(22)11-21-17(23)20-9-5-3-4-6-15(20)19-21/h7-8,10H,3-6,9,11H2,1-2H3,(H,18,22). The zero-order valence-corrected chi connectivity index (χ0v) is 14.0. The Hall–Kier alpha value is -2.57. The lowest BCUT2D eigenvalue weighted by molar-refractivity contribution is -0.117. The Morgan fingerprint density at radius 1 is 1.33 bits per heavy atom. The second kappa shape index (κ2) is 6.90. The number of amides is 1. The van der Waals surface area contributed by atoms with Gasteiger partial charge in [-0.15, -0.1) is 0 Å². The Kier molecular flexibility index (Phi) is 4.69. The predicted octanol–water partition coefficient (Wildman–Crippen LogP) is 1.73. The third-order valence-electron chi connectivity index (χ3n) is 4.20. The van der Waals surface area contributed by atoms with Crippen LogP contribution < -0.4 is 15.7 Å². The second-order valence-electron chi connectivity index (χ2n) is 6.07. The average molecular weight is 330 g/mol. The third kappa shape index (κ3) is 3.34. The summed E-state index contributed by atoms with van der Waals surface area (Å²) in [5.41, 5.74) is 1.39. The number of nitrogens with zero attached hydrogens (tertiary/aromatic N) is 3. The van der Waals surface area contributed by atoms with Crippen LogP contribution in [0.4, 0.5) is 5.69 Å². The average Bonchev–Trinajstić information content (AvgIpc) is 2.73. The highest BCUT2D eigenvalue weighted by atomic mass is 16.5. The summed E-state index contributed by atoms with van der Waals surface area (Å²) in [4.78, 5) is 24.7. The number of carbonyl (C=O) groups excluding carboxylic acids is 1. The Labute approximate surface area is 140 Å². The van der Waals surface area contributed by atoms with Crippen molar-refractivity contribution in [3.63, 3.8) is 0 Å². The summed E-state index contributed by atoms with van der Waals surface area (Å²) in [5.74, 6) is 1.06. The molecule has 0 spiro atoms. The molecule has 1 aromatic heterocycles. The van der Waals surface area contributed by atoms with Crippen molar-refractivity contribution in [1.82, 2.24) is 14.3 Å². The number of carbonyl (C=O) groups is 1. The molecule has 24 heavy (non-hydrogen) atoms. The van der Waals surface area contributed by atoms with E-state index in [0.717, 1.165) is 37.1 Å². The van der Waals surface area contributed by atoms with Gasteiger partial charge in [-0.2, -0.15) is 5.10 Å². The number of hydrogen-bond donors (Lipinski definition) is 1. The first-order valence-electron chi connectivity index (χ1n) is 8.19. The van der Waals surface area contributed by atoms with Crippen molar-refractivity contribution in [2.24, 2.45) is 0 Å². The van der Waals surface area contributed by atoms with Gasteiger partial charge in [-0.25, -0.2) is 9.48 Å². The molecule has 2 aromatic rings. The molecule has 1 N–H and O–H groups in total. The molecule has 7 nitrogen and oxygen atoms in total. The molecule has 1 aliphatic heterocycles. The number of methoxy groups -OCH3 is 1. The summed E-state index contributed by atoms with van der Waals surface area (Å²) in [5, 5.41) is 7.12. The zero-order chi connectivity index (χ0) is 17.1. The molecule has 0 unspecified atom stereocenters. The molecule has 0 saturated carbocycles. The molecule has 0 atom stereocenters. The number of benzene rings is 1.